The summed E-state index contributed by atoms with van der Waals surface area (Å²) in [5, 5.41) is 18.7. The number of carboxylic acids is 2. The average molecular weight is 466 g/mol. The fourth-order valence-electron chi connectivity index (χ4n) is 4.23. The van der Waals surface area contributed by atoms with E-state index >= 15 is 0 Å². The Morgan fingerprint density at radius 2 is 1.64 bits per heavy atom. The summed E-state index contributed by atoms with van der Waals surface area (Å²) in [5.74, 6) is -1.69. The van der Waals surface area contributed by atoms with Gasteiger partial charge in [-0.2, -0.15) is 0 Å². The number of rotatable bonds is 8. The third kappa shape index (κ3) is 5.10. The molecule has 0 saturated carbocycles. The van der Waals surface area contributed by atoms with Gasteiger partial charge in [0.05, 0.1) is 0 Å². The molecule has 2 heterocycles. The molecule has 0 spiro atoms. The molecule has 0 unspecified atom stereocenters. The van der Waals surface area contributed by atoms with Crippen LogP contribution in [-0.2, 0) is 22.7 Å². The molecule has 0 atom stereocenters. The molecule has 3 aromatic rings. The van der Waals surface area contributed by atoms with Crippen LogP contribution >= 0.6 is 11.3 Å². The summed E-state index contributed by atoms with van der Waals surface area (Å²) < 4.78 is 5.99. The highest BCUT2D eigenvalue weighted by molar-refractivity contribution is 7.12. The van der Waals surface area contributed by atoms with Crippen molar-refractivity contribution in [1.29, 1.82) is 0 Å². The molecule has 1 aliphatic heterocycles. The number of thiophene rings is 1. The van der Waals surface area contributed by atoms with Gasteiger partial charge in [-0.1, -0.05) is 42.5 Å². The first-order chi connectivity index (χ1) is 15.9. The molecule has 7 heteroatoms. The normalized spacial score (nSPS) is 15.8. The lowest BCUT2D eigenvalue weighted by Crippen LogP contribution is -2.48. The van der Waals surface area contributed by atoms with Crippen molar-refractivity contribution < 1.29 is 24.5 Å². The largest absolute Gasteiger partial charge is 0.488 e. The first-order valence-electron chi connectivity index (χ1n) is 10.9. The predicted octanol–water partition coefficient (Wildman–Crippen LogP) is 5.05. The lowest BCUT2D eigenvalue weighted by Gasteiger charge is -2.36. The number of carboxylic acid groups (broad SMARTS) is 2. The zero-order chi connectivity index (χ0) is 23.4. The molecule has 2 N–H and O–H groups in total. The van der Waals surface area contributed by atoms with Crippen LogP contribution in [0.15, 0.2) is 60.7 Å². The van der Waals surface area contributed by atoms with Crippen LogP contribution in [0.1, 0.15) is 28.2 Å². The Labute approximate surface area is 197 Å². The lowest BCUT2D eigenvalue weighted by atomic mass is 9.78. The predicted molar refractivity (Wildman–Crippen MR) is 127 cm³/mol. The van der Waals surface area contributed by atoms with Gasteiger partial charge in [0.25, 0.3) is 0 Å². The van der Waals surface area contributed by atoms with Crippen LogP contribution < -0.4 is 4.74 Å². The van der Waals surface area contributed by atoms with E-state index < -0.39 is 17.4 Å². The molecule has 4 rings (SSSR count). The molecule has 0 bridgehead atoms. The zero-order valence-electron chi connectivity index (χ0n) is 18.5. The summed E-state index contributed by atoms with van der Waals surface area (Å²) in [6, 6.07) is 20.4. The Balaban J connectivity index is 1.31. The molecule has 2 aromatic carbocycles. The second-order valence-corrected chi connectivity index (χ2v) is 9.79. The maximum atomic E-state index is 11.5. The maximum Gasteiger partial charge on any atom is 0.321 e. The summed E-state index contributed by atoms with van der Waals surface area (Å²) in [6.07, 6.45) is 0.230. The molecule has 1 aromatic heterocycles. The molecular formula is C26H27NO5S. The summed E-state index contributed by atoms with van der Waals surface area (Å²) in [4.78, 5) is 27.5. The van der Waals surface area contributed by atoms with Crippen molar-refractivity contribution in [2.45, 2.75) is 32.9 Å². The van der Waals surface area contributed by atoms with Crippen molar-refractivity contribution in [1.82, 2.24) is 4.90 Å². The Kier molecular flexibility index (Phi) is 6.81. The van der Waals surface area contributed by atoms with E-state index in [1.807, 2.05) is 42.5 Å². The summed E-state index contributed by atoms with van der Waals surface area (Å²) in [6.45, 7) is 4.18. The van der Waals surface area contributed by atoms with E-state index in [-0.39, 0.29) is 12.8 Å². The highest BCUT2D eigenvalue weighted by Gasteiger charge is 2.48. The second-order valence-electron chi connectivity index (χ2n) is 8.45. The number of piperidine rings is 1. The Morgan fingerprint density at radius 3 is 2.24 bits per heavy atom. The van der Waals surface area contributed by atoms with Crippen molar-refractivity contribution in [2.75, 3.05) is 13.1 Å². The first-order valence-corrected chi connectivity index (χ1v) is 11.7. The molecule has 0 radical (unpaired) electrons. The minimum Gasteiger partial charge on any atom is -0.488 e. The van der Waals surface area contributed by atoms with Crippen LogP contribution in [0, 0.1) is 12.3 Å². The smallest absolute Gasteiger partial charge is 0.321 e. The SMILES string of the molecule is Cc1sc(COc2ccc(CN3CCC(C(=O)O)(C(=O)O)CC3)cc2)cc1-c1ccccc1. The molecule has 1 saturated heterocycles. The number of aryl methyl sites for hydroxylation is 1. The molecule has 6 nitrogen and oxygen atoms in total. The fraction of sp³-hybridized carbons (Fsp3) is 0.308. The van der Waals surface area contributed by atoms with E-state index in [4.69, 9.17) is 4.74 Å². The lowest BCUT2D eigenvalue weighted by molar-refractivity contribution is -0.168. The number of benzene rings is 2. The van der Waals surface area contributed by atoms with Gasteiger partial charge >= 0.3 is 11.9 Å². The molecule has 1 aliphatic rings. The number of hydrogen-bond acceptors (Lipinski definition) is 5. The van der Waals surface area contributed by atoms with E-state index in [1.165, 1.54) is 20.9 Å². The van der Waals surface area contributed by atoms with Crippen molar-refractivity contribution in [3.63, 3.8) is 0 Å². The third-order valence-electron chi connectivity index (χ3n) is 6.29. The number of aliphatic carboxylic acids is 2. The van der Waals surface area contributed by atoms with Gasteiger partial charge in [-0.25, -0.2) is 0 Å². The quantitative estimate of drug-likeness (QED) is 0.453. The summed E-state index contributed by atoms with van der Waals surface area (Å²) >= 11 is 1.74. The van der Waals surface area contributed by atoms with Gasteiger partial charge in [-0.15, -0.1) is 11.3 Å². The van der Waals surface area contributed by atoms with Crippen LogP contribution in [0.5, 0.6) is 5.75 Å². The summed E-state index contributed by atoms with van der Waals surface area (Å²) in [5.41, 5.74) is 1.88. The zero-order valence-corrected chi connectivity index (χ0v) is 19.3. The van der Waals surface area contributed by atoms with Crippen LogP contribution in [0.2, 0.25) is 0 Å². The number of carbonyl (C=O) groups is 2. The van der Waals surface area contributed by atoms with Gasteiger partial charge in [0.1, 0.15) is 12.4 Å². The standard InChI is InChI=1S/C26H27NO5S/c1-18-23(20-5-3-2-4-6-20)15-22(33-18)17-32-21-9-7-19(8-10-21)16-27-13-11-26(12-14-27,24(28)29)25(30)31/h2-10,15H,11-14,16-17H2,1H3,(H,28,29)(H,30,31). The number of likely N-dealkylation sites (tertiary alicyclic amines) is 1. The van der Waals surface area contributed by atoms with Crippen molar-refractivity contribution in [3.05, 3.63) is 76.0 Å². The van der Waals surface area contributed by atoms with Crippen LogP contribution in [-0.4, -0.2) is 40.1 Å². The summed E-state index contributed by atoms with van der Waals surface area (Å²) in [7, 11) is 0. The highest BCUT2D eigenvalue weighted by Crippen LogP contribution is 2.33. The Bertz CT molecular complexity index is 1100. The van der Waals surface area contributed by atoms with Crippen molar-refractivity contribution in [2.24, 2.45) is 5.41 Å². The minimum atomic E-state index is -1.66. The third-order valence-corrected chi connectivity index (χ3v) is 7.32. The number of nitrogens with zero attached hydrogens (tertiary/aromatic N) is 1. The van der Waals surface area contributed by atoms with Gasteiger partial charge in [0.15, 0.2) is 5.41 Å². The minimum absolute atomic E-state index is 0.115. The Morgan fingerprint density at radius 1 is 1.00 bits per heavy atom. The molecule has 0 amide bonds. The molecule has 33 heavy (non-hydrogen) atoms. The van der Waals surface area contributed by atoms with Crippen molar-refractivity contribution >= 4 is 23.3 Å². The number of ether oxygens (including phenoxy) is 1. The van der Waals surface area contributed by atoms with Crippen LogP contribution in [0.3, 0.4) is 0 Å². The fourth-order valence-corrected chi connectivity index (χ4v) is 5.21. The van der Waals surface area contributed by atoms with Gasteiger partial charge in [-0.3, -0.25) is 14.5 Å². The topological polar surface area (TPSA) is 87.1 Å². The molecule has 172 valence electrons. The van der Waals surface area contributed by atoms with E-state index in [0.717, 1.165) is 11.3 Å². The van der Waals surface area contributed by atoms with Crippen molar-refractivity contribution in [3.8, 4) is 16.9 Å². The second kappa shape index (κ2) is 9.77. The molecule has 0 aliphatic carbocycles. The Hall–Kier alpha value is -3.16. The van der Waals surface area contributed by atoms with E-state index in [0.29, 0.717) is 26.2 Å². The van der Waals surface area contributed by atoms with E-state index in [1.54, 1.807) is 11.3 Å². The number of hydrogen-bond donors (Lipinski definition) is 2. The molecular weight excluding hydrogens is 438 g/mol. The maximum absolute atomic E-state index is 11.5. The van der Waals surface area contributed by atoms with E-state index in [9.17, 15) is 19.8 Å². The van der Waals surface area contributed by atoms with Gasteiger partial charge in [-0.05, 0) is 54.7 Å². The highest BCUT2D eigenvalue weighted by atomic mass is 32.1. The van der Waals surface area contributed by atoms with Gasteiger partial charge in [0.2, 0.25) is 0 Å². The van der Waals surface area contributed by atoms with Crippen LogP contribution in [0.25, 0.3) is 11.1 Å². The van der Waals surface area contributed by atoms with Crippen LogP contribution in [0.4, 0.5) is 0 Å². The van der Waals surface area contributed by atoms with E-state index in [2.05, 4.69) is 30.0 Å². The average Bonchev–Trinajstić information content (AvgIpc) is 3.20. The van der Waals surface area contributed by atoms with Gasteiger partial charge in [0, 0.05) is 29.4 Å². The molecule has 1 fully saturated rings. The van der Waals surface area contributed by atoms with Gasteiger partial charge < -0.3 is 14.9 Å². The monoisotopic (exact) mass is 465 g/mol. The first kappa shape index (κ1) is 23.0.